The molecule has 1 aromatic carbocycles. The highest BCUT2D eigenvalue weighted by Gasteiger charge is 2.38. The molecule has 1 N–H and O–H groups in total. The van der Waals surface area contributed by atoms with Gasteiger partial charge in [-0.15, -0.1) is 0 Å². The van der Waals surface area contributed by atoms with Crippen molar-refractivity contribution in [3.8, 4) is 0 Å². The van der Waals surface area contributed by atoms with Crippen LogP contribution in [0.2, 0.25) is 0 Å². The van der Waals surface area contributed by atoms with Gasteiger partial charge in [0, 0.05) is 44.2 Å². The highest BCUT2D eigenvalue weighted by Crippen LogP contribution is 2.28. The highest BCUT2D eigenvalue weighted by molar-refractivity contribution is 6.00. The van der Waals surface area contributed by atoms with E-state index in [1.165, 1.54) is 0 Å². The Morgan fingerprint density at radius 3 is 2.41 bits per heavy atom. The zero-order valence-electron chi connectivity index (χ0n) is 16.2. The number of carbonyl (C=O) groups excluding carboxylic acids is 3. The van der Waals surface area contributed by atoms with Crippen molar-refractivity contribution < 1.29 is 14.4 Å². The van der Waals surface area contributed by atoms with Gasteiger partial charge in [0.15, 0.2) is 0 Å². The topological polar surface area (TPSA) is 69.7 Å². The number of carbonyl (C=O) groups is 3. The molecule has 0 spiro atoms. The monoisotopic (exact) mass is 371 g/mol. The molecule has 6 nitrogen and oxygen atoms in total. The Morgan fingerprint density at radius 1 is 1.11 bits per heavy atom. The number of hydrogen-bond acceptors (Lipinski definition) is 3. The summed E-state index contributed by atoms with van der Waals surface area (Å²) in [6, 6.07) is 7.82. The van der Waals surface area contributed by atoms with Gasteiger partial charge in [-0.2, -0.15) is 0 Å². The predicted molar refractivity (Wildman–Crippen MR) is 104 cm³/mol. The quantitative estimate of drug-likeness (QED) is 0.862. The second-order valence-corrected chi connectivity index (χ2v) is 7.63. The van der Waals surface area contributed by atoms with Crippen LogP contribution in [0.5, 0.6) is 0 Å². The largest absolute Gasteiger partial charge is 0.356 e. The molecule has 2 aliphatic heterocycles. The number of likely N-dealkylation sites (tertiary alicyclic amines) is 1. The molecule has 0 bridgehead atoms. The van der Waals surface area contributed by atoms with Gasteiger partial charge in [0.2, 0.25) is 17.7 Å². The fraction of sp³-hybridized carbons (Fsp3) is 0.571. The van der Waals surface area contributed by atoms with Crippen LogP contribution in [0.25, 0.3) is 0 Å². The summed E-state index contributed by atoms with van der Waals surface area (Å²) in [7, 11) is 0. The summed E-state index contributed by atoms with van der Waals surface area (Å²) in [5.74, 6) is -0.138. The Bertz CT molecular complexity index is 693. The van der Waals surface area contributed by atoms with Crippen LogP contribution in [0.1, 0.15) is 38.2 Å². The summed E-state index contributed by atoms with van der Waals surface area (Å²) < 4.78 is 0. The number of aryl methyl sites for hydroxylation is 1. The van der Waals surface area contributed by atoms with Crippen LogP contribution < -0.4 is 10.2 Å². The molecule has 1 aromatic rings. The van der Waals surface area contributed by atoms with Crippen molar-refractivity contribution in [2.45, 2.75) is 39.5 Å². The predicted octanol–water partition coefficient (Wildman–Crippen LogP) is 2.11. The van der Waals surface area contributed by atoms with Crippen LogP contribution in [0.4, 0.5) is 5.69 Å². The molecule has 6 heteroatoms. The molecule has 3 amide bonds. The van der Waals surface area contributed by atoms with E-state index in [9.17, 15) is 14.4 Å². The average molecular weight is 371 g/mol. The first-order valence-corrected chi connectivity index (χ1v) is 9.93. The van der Waals surface area contributed by atoms with Crippen molar-refractivity contribution >= 4 is 23.4 Å². The number of amides is 3. The molecule has 2 saturated heterocycles. The molecule has 27 heavy (non-hydrogen) atoms. The van der Waals surface area contributed by atoms with Gasteiger partial charge in [-0.05, 0) is 38.3 Å². The van der Waals surface area contributed by atoms with Crippen molar-refractivity contribution in [3.05, 3.63) is 29.8 Å². The maximum absolute atomic E-state index is 12.9. The van der Waals surface area contributed by atoms with Crippen molar-refractivity contribution in [1.82, 2.24) is 10.2 Å². The average Bonchev–Trinajstić information content (AvgIpc) is 3.08. The first-order valence-electron chi connectivity index (χ1n) is 9.93. The lowest BCUT2D eigenvalue weighted by Gasteiger charge is -2.33. The SMILES string of the molecule is CCCNC(=O)C1CCN(C(=O)C2CC(=O)N(c3ccc(C)cc3)C2)CC1. The lowest BCUT2D eigenvalue weighted by molar-refractivity contribution is -0.139. The molecule has 1 unspecified atom stereocenters. The molecular weight excluding hydrogens is 342 g/mol. The lowest BCUT2D eigenvalue weighted by Crippen LogP contribution is -2.45. The molecule has 0 aliphatic carbocycles. The maximum Gasteiger partial charge on any atom is 0.228 e. The normalized spacial score (nSPS) is 20.8. The Balaban J connectivity index is 1.54. The van der Waals surface area contributed by atoms with Crippen molar-refractivity contribution in [2.24, 2.45) is 11.8 Å². The van der Waals surface area contributed by atoms with E-state index >= 15 is 0 Å². The minimum absolute atomic E-state index is 0.00475. The molecule has 2 aliphatic rings. The minimum atomic E-state index is -0.288. The van der Waals surface area contributed by atoms with Crippen LogP contribution in [0.15, 0.2) is 24.3 Å². The molecule has 146 valence electrons. The van der Waals surface area contributed by atoms with Gasteiger partial charge in [-0.1, -0.05) is 24.6 Å². The van der Waals surface area contributed by atoms with Gasteiger partial charge in [-0.25, -0.2) is 0 Å². The fourth-order valence-corrected chi connectivity index (χ4v) is 3.86. The van der Waals surface area contributed by atoms with E-state index < -0.39 is 0 Å². The Morgan fingerprint density at radius 2 is 1.78 bits per heavy atom. The van der Waals surface area contributed by atoms with E-state index in [0.29, 0.717) is 39.0 Å². The van der Waals surface area contributed by atoms with Crippen LogP contribution >= 0.6 is 0 Å². The van der Waals surface area contributed by atoms with Crippen LogP contribution in [0.3, 0.4) is 0 Å². The third kappa shape index (κ3) is 4.49. The summed E-state index contributed by atoms with van der Waals surface area (Å²) >= 11 is 0. The van der Waals surface area contributed by atoms with Crippen molar-refractivity contribution in [2.75, 3.05) is 31.1 Å². The van der Waals surface area contributed by atoms with Crippen LogP contribution in [-0.2, 0) is 14.4 Å². The van der Waals surface area contributed by atoms with Gasteiger partial charge in [0.05, 0.1) is 5.92 Å². The molecule has 0 aromatic heterocycles. The van der Waals surface area contributed by atoms with Gasteiger partial charge in [0.1, 0.15) is 0 Å². The van der Waals surface area contributed by atoms with E-state index in [4.69, 9.17) is 0 Å². The summed E-state index contributed by atoms with van der Waals surface area (Å²) in [6.07, 6.45) is 2.59. The molecule has 0 radical (unpaired) electrons. The number of hydrogen-bond donors (Lipinski definition) is 1. The summed E-state index contributed by atoms with van der Waals surface area (Å²) in [4.78, 5) is 40.9. The first kappa shape index (κ1) is 19.4. The second-order valence-electron chi connectivity index (χ2n) is 7.63. The first-order chi connectivity index (χ1) is 13.0. The second kappa shape index (κ2) is 8.55. The number of rotatable bonds is 5. The van der Waals surface area contributed by atoms with Crippen molar-refractivity contribution in [1.29, 1.82) is 0 Å². The van der Waals surface area contributed by atoms with E-state index in [1.54, 1.807) is 4.90 Å². The number of nitrogens with one attached hydrogen (secondary N) is 1. The fourth-order valence-electron chi connectivity index (χ4n) is 3.86. The van der Waals surface area contributed by atoms with Crippen LogP contribution in [0, 0.1) is 18.8 Å². The number of piperidine rings is 1. The lowest BCUT2D eigenvalue weighted by atomic mass is 9.94. The Kier molecular flexibility index (Phi) is 6.14. The third-order valence-corrected chi connectivity index (χ3v) is 5.55. The van der Waals surface area contributed by atoms with E-state index in [1.807, 2.05) is 43.0 Å². The molecule has 0 saturated carbocycles. The molecular formula is C21H29N3O3. The van der Waals surface area contributed by atoms with E-state index in [-0.39, 0.29) is 36.0 Å². The number of nitrogens with zero attached hydrogens (tertiary/aromatic N) is 2. The van der Waals surface area contributed by atoms with Gasteiger partial charge in [0.25, 0.3) is 0 Å². The molecule has 3 rings (SSSR count). The smallest absolute Gasteiger partial charge is 0.228 e. The summed E-state index contributed by atoms with van der Waals surface area (Å²) in [5, 5.41) is 2.94. The zero-order chi connectivity index (χ0) is 19.4. The number of anilines is 1. The highest BCUT2D eigenvalue weighted by atomic mass is 16.2. The minimum Gasteiger partial charge on any atom is -0.356 e. The zero-order valence-corrected chi connectivity index (χ0v) is 16.2. The number of benzene rings is 1. The summed E-state index contributed by atoms with van der Waals surface area (Å²) in [6.45, 7) is 6.38. The van der Waals surface area contributed by atoms with Gasteiger partial charge in [-0.3, -0.25) is 14.4 Å². The Labute approximate surface area is 160 Å². The maximum atomic E-state index is 12.9. The van der Waals surface area contributed by atoms with Gasteiger partial charge >= 0.3 is 0 Å². The van der Waals surface area contributed by atoms with Gasteiger partial charge < -0.3 is 15.1 Å². The molecule has 1 atom stereocenters. The molecule has 2 heterocycles. The van der Waals surface area contributed by atoms with E-state index in [2.05, 4.69) is 5.32 Å². The standard InChI is InChI=1S/C21H29N3O3/c1-3-10-22-20(26)16-8-11-23(12-9-16)21(27)17-13-19(25)24(14-17)18-6-4-15(2)5-7-18/h4-7,16-17H,3,8-14H2,1-2H3,(H,22,26). The molecule has 2 fully saturated rings. The third-order valence-electron chi connectivity index (χ3n) is 5.55. The van der Waals surface area contributed by atoms with E-state index in [0.717, 1.165) is 17.7 Å². The van der Waals surface area contributed by atoms with Crippen LogP contribution in [-0.4, -0.2) is 48.8 Å². The van der Waals surface area contributed by atoms with Crippen molar-refractivity contribution in [3.63, 3.8) is 0 Å². The Hall–Kier alpha value is -2.37. The summed E-state index contributed by atoms with van der Waals surface area (Å²) in [5.41, 5.74) is 2.00.